The van der Waals surface area contributed by atoms with Crippen LogP contribution in [0.2, 0.25) is 10.3 Å². The Morgan fingerprint density at radius 3 is 2.71 bits per heavy atom. The average Bonchev–Trinajstić information content (AvgIpc) is 2.26. The molecular formula is C11H14Cl2N2O2. The summed E-state index contributed by atoms with van der Waals surface area (Å²) in [5.74, 6) is -0.382. The number of pyridine rings is 1. The number of nitrogens with one attached hydrogen (secondary N) is 1. The lowest BCUT2D eigenvalue weighted by Crippen LogP contribution is -2.40. The van der Waals surface area contributed by atoms with E-state index in [9.17, 15) is 9.90 Å². The summed E-state index contributed by atoms with van der Waals surface area (Å²) in [5, 5.41) is 12.6. The molecule has 1 aromatic heterocycles. The Morgan fingerprint density at radius 1 is 1.53 bits per heavy atom. The van der Waals surface area contributed by atoms with E-state index in [1.807, 2.05) is 6.92 Å². The summed E-state index contributed by atoms with van der Waals surface area (Å²) >= 11 is 11.4. The highest BCUT2D eigenvalue weighted by Crippen LogP contribution is 2.16. The number of hydrogen-bond acceptors (Lipinski definition) is 3. The van der Waals surface area contributed by atoms with Gasteiger partial charge in [0, 0.05) is 6.54 Å². The number of amides is 1. The molecule has 0 saturated carbocycles. The zero-order valence-electron chi connectivity index (χ0n) is 9.63. The van der Waals surface area contributed by atoms with E-state index in [0.29, 0.717) is 6.42 Å². The van der Waals surface area contributed by atoms with Crippen LogP contribution in [-0.4, -0.2) is 28.1 Å². The third-order valence-corrected chi connectivity index (χ3v) is 2.95. The van der Waals surface area contributed by atoms with Crippen molar-refractivity contribution in [2.45, 2.75) is 25.9 Å². The molecular weight excluding hydrogens is 263 g/mol. The van der Waals surface area contributed by atoms with Gasteiger partial charge in [0.2, 0.25) is 0 Å². The fourth-order valence-electron chi connectivity index (χ4n) is 1.07. The fraction of sp³-hybridized carbons (Fsp3) is 0.455. The quantitative estimate of drug-likeness (QED) is 0.830. The van der Waals surface area contributed by atoms with E-state index in [1.165, 1.54) is 12.1 Å². The second-order valence-corrected chi connectivity index (χ2v) is 4.75. The number of hydrogen-bond donors (Lipinski definition) is 2. The zero-order chi connectivity index (χ0) is 13.1. The molecule has 4 nitrogen and oxygen atoms in total. The van der Waals surface area contributed by atoms with Crippen molar-refractivity contribution in [1.82, 2.24) is 10.3 Å². The SMILES string of the molecule is CCC(C)(O)CNC(=O)c1ccc(Cl)nc1Cl. The molecule has 0 aliphatic heterocycles. The monoisotopic (exact) mass is 276 g/mol. The minimum atomic E-state index is -0.929. The Morgan fingerprint density at radius 2 is 2.18 bits per heavy atom. The van der Waals surface area contributed by atoms with Gasteiger partial charge >= 0.3 is 0 Å². The van der Waals surface area contributed by atoms with Crippen molar-refractivity contribution in [3.63, 3.8) is 0 Å². The van der Waals surface area contributed by atoms with Gasteiger partial charge in [-0.1, -0.05) is 30.1 Å². The molecule has 1 amide bonds. The third-order valence-electron chi connectivity index (χ3n) is 2.45. The number of aromatic nitrogens is 1. The van der Waals surface area contributed by atoms with Crippen molar-refractivity contribution >= 4 is 29.1 Å². The maximum Gasteiger partial charge on any atom is 0.254 e. The number of rotatable bonds is 4. The van der Waals surface area contributed by atoms with Gasteiger partial charge in [-0.25, -0.2) is 4.98 Å². The summed E-state index contributed by atoms with van der Waals surface area (Å²) in [6.07, 6.45) is 0.542. The molecule has 94 valence electrons. The summed E-state index contributed by atoms with van der Waals surface area (Å²) in [6, 6.07) is 2.98. The van der Waals surface area contributed by atoms with Crippen molar-refractivity contribution < 1.29 is 9.90 Å². The van der Waals surface area contributed by atoms with E-state index in [2.05, 4.69) is 10.3 Å². The molecule has 0 fully saturated rings. The van der Waals surface area contributed by atoms with Crippen LogP contribution in [0.25, 0.3) is 0 Å². The van der Waals surface area contributed by atoms with E-state index in [4.69, 9.17) is 23.2 Å². The van der Waals surface area contributed by atoms with Gasteiger partial charge < -0.3 is 10.4 Å². The van der Waals surface area contributed by atoms with Gasteiger partial charge in [0.1, 0.15) is 10.3 Å². The van der Waals surface area contributed by atoms with Crippen molar-refractivity contribution in [3.8, 4) is 0 Å². The van der Waals surface area contributed by atoms with E-state index >= 15 is 0 Å². The zero-order valence-corrected chi connectivity index (χ0v) is 11.1. The first-order chi connectivity index (χ1) is 7.85. The van der Waals surface area contributed by atoms with Gasteiger partial charge in [-0.2, -0.15) is 0 Å². The van der Waals surface area contributed by atoms with Crippen molar-refractivity contribution in [2.24, 2.45) is 0 Å². The van der Waals surface area contributed by atoms with E-state index in [-0.39, 0.29) is 28.3 Å². The van der Waals surface area contributed by atoms with E-state index in [1.54, 1.807) is 6.92 Å². The largest absolute Gasteiger partial charge is 0.388 e. The first-order valence-corrected chi connectivity index (χ1v) is 5.94. The van der Waals surface area contributed by atoms with Gasteiger partial charge in [0.25, 0.3) is 5.91 Å². The number of aliphatic hydroxyl groups is 1. The second kappa shape index (κ2) is 5.67. The topological polar surface area (TPSA) is 62.2 Å². The van der Waals surface area contributed by atoms with Crippen LogP contribution in [0.1, 0.15) is 30.6 Å². The summed E-state index contributed by atoms with van der Waals surface area (Å²) in [6.45, 7) is 3.64. The van der Waals surface area contributed by atoms with E-state index in [0.717, 1.165) is 0 Å². The molecule has 0 saturated heterocycles. The fourth-order valence-corrected chi connectivity index (χ4v) is 1.50. The maximum absolute atomic E-state index is 11.7. The standard InChI is InChI=1S/C11H14Cl2N2O2/c1-3-11(2,17)6-14-10(16)7-4-5-8(12)15-9(7)13/h4-5,17H,3,6H2,1-2H3,(H,14,16). The Labute approximate surface area is 110 Å². The lowest BCUT2D eigenvalue weighted by Gasteiger charge is -2.21. The van der Waals surface area contributed by atoms with Crippen LogP contribution < -0.4 is 5.32 Å². The lowest BCUT2D eigenvalue weighted by atomic mass is 10.0. The van der Waals surface area contributed by atoms with Crippen LogP contribution in [0, 0.1) is 0 Å². The Bertz CT molecular complexity index is 422. The lowest BCUT2D eigenvalue weighted by molar-refractivity contribution is 0.0518. The van der Waals surface area contributed by atoms with Crippen LogP contribution in [-0.2, 0) is 0 Å². The third kappa shape index (κ3) is 4.15. The molecule has 0 aliphatic carbocycles. The predicted octanol–water partition coefficient (Wildman–Crippen LogP) is 2.28. The van der Waals surface area contributed by atoms with Crippen LogP contribution in [0.4, 0.5) is 0 Å². The van der Waals surface area contributed by atoms with Gasteiger partial charge in [0.15, 0.2) is 0 Å². The van der Waals surface area contributed by atoms with Crippen molar-refractivity contribution in [2.75, 3.05) is 6.54 Å². The normalized spacial score (nSPS) is 14.2. The minimum Gasteiger partial charge on any atom is -0.388 e. The average molecular weight is 277 g/mol. The number of halogens is 2. The molecule has 0 bridgehead atoms. The number of nitrogens with zero attached hydrogens (tertiary/aromatic N) is 1. The van der Waals surface area contributed by atoms with Gasteiger partial charge in [-0.05, 0) is 25.5 Å². The highest BCUT2D eigenvalue weighted by atomic mass is 35.5. The molecule has 2 N–H and O–H groups in total. The van der Waals surface area contributed by atoms with E-state index < -0.39 is 5.60 Å². The number of carbonyl (C=O) groups excluding carboxylic acids is 1. The highest BCUT2D eigenvalue weighted by molar-refractivity contribution is 6.34. The molecule has 1 atom stereocenters. The maximum atomic E-state index is 11.7. The van der Waals surface area contributed by atoms with Crippen LogP contribution >= 0.6 is 23.2 Å². The Kier molecular flexibility index (Phi) is 4.74. The molecule has 0 aliphatic rings. The molecule has 0 spiro atoms. The summed E-state index contributed by atoms with van der Waals surface area (Å²) in [4.78, 5) is 15.5. The molecule has 1 heterocycles. The molecule has 1 unspecified atom stereocenters. The second-order valence-electron chi connectivity index (χ2n) is 4.01. The van der Waals surface area contributed by atoms with Crippen LogP contribution in [0.15, 0.2) is 12.1 Å². The first-order valence-electron chi connectivity index (χ1n) is 5.18. The predicted molar refractivity (Wildman–Crippen MR) is 67.5 cm³/mol. The van der Waals surface area contributed by atoms with Crippen LogP contribution in [0.5, 0.6) is 0 Å². The number of carbonyl (C=O) groups is 1. The van der Waals surface area contributed by atoms with Crippen LogP contribution in [0.3, 0.4) is 0 Å². The molecule has 1 aromatic rings. The summed E-state index contributed by atoms with van der Waals surface area (Å²) < 4.78 is 0. The summed E-state index contributed by atoms with van der Waals surface area (Å²) in [5.41, 5.74) is -0.690. The molecule has 17 heavy (non-hydrogen) atoms. The molecule has 0 radical (unpaired) electrons. The Balaban J connectivity index is 2.71. The van der Waals surface area contributed by atoms with Gasteiger partial charge in [-0.3, -0.25) is 4.79 Å². The molecule has 1 rings (SSSR count). The first kappa shape index (κ1) is 14.2. The smallest absolute Gasteiger partial charge is 0.254 e. The van der Waals surface area contributed by atoms with Crippen molar-refractivity contribution in [3.05, 3.63) is 28.0 Å². The van der Waals surface area contributed by atoms with Gasteiger partial charge in [-0.15, -0.1) is 0 Å². The minimum absolute atomic E-state index is 0.0474. The molecule has 6 heteroatoms. The van der Waals surface area contributed by atoms with Crippen molar-refractivity contribution in [1.29, 1.82) is 0 Å². The highest BCUT2D eigenvalue weighted by Gasteiger charge is 2.20. The Hall–Kier alpha value is -0.840. The van der Waals surface area contributed by atoms with Gasteiger partial charge in [0.05, 0.1) is 11.2 Å². The molecule has 0 aromatic carbocycles. The summed E-state index contributed by atoms with van der Waals surface area (Å²) in [7, 11) is 0.